The minimum absolute atomic E-state index is 0.164. The zero-order valence-electron chi connectivity index (χ0n) is 18.4. The summed E-state index contributed by atoms with van der Waals surface area (Å²) in [7, 11) is 1.62. The smallest absolute Gasteiger partial charge is 0.383 e. The average molecular weight is 470 g/mol. The molecule has 1 N–H and O–H groups in total. The van der Waals surface area contributed by atoms with Crippen LogP contribution in [0.2, 0.25) is 0 Å². The van der Waals surface area contributed by atoms with Gasteiger partial charge in [-0.25, -0.2) is 4.68 Å². The summed E-state index contributed by atoms with van der Waals surface area (Å²) >= 11 is 0. The Morgan fingerprint density at radius 1 is 1.12 bits per heavy atom. The number of ether oxygens (including phenoxy) is 1. The molecule has 10 heteroatoms. The summed E-state index contributed by atoms with van der Waals surface area (Å²) in [6.45, 7) is 2.66. The number of benzene rings is 2. The summed E-state index contributed by atoms with van der Waals surface area (Å²) in [6.07, 6.45) is -2.74. The molecule has 0 aliphatic heterocycles. The minimum Gasteiger partial charge on any atom is -0.383 e. The van der Waals surface area contributed by atoms with Gasteiger partial charge in [0.05, 0.1) is 17.9 Å². The molecule has 7 nitrogen and oxygen atoms in total. The molecule has 1 amide bonds. The van der Waals surface area contributed by atoms with Crippen molar-refractivity contribution in [2.75, 3.05) is 19.0 Å². The molecule has 4 aromatic rings. The van der Waals surface area contributed by atoms with Crippen LogP contribution in [0, 0.1) is 6.92 Å². The largest absolute Gasteiger partial charge is 0.418 e. The first-order valence-corrected chi connectivity index (χ1v) is 10.4. The maximum absolute atomic E-state index is 13.5. The summed E-state index contributed by atoms with van der Waals surface area (Å²) in [5.41, 5.74) is -0.884. The molecule has 0 aliphatic rings. The van der Waals surface area contributed by atoms with Crippen LogP contribution in [0.3, 0.4) is 0 Å². The fourth-order valence-electron chi connectivity index (χ4n) is 3.70. The van der Waals surface area contributed by atoms with E-state index >= 15 is 0 Å². The van der Waals surface area contributed by atoms with Gasteiger partial charge >= 0.3 is 6.18 Å². The van der Waals surface area contributed by atoms with Gasteiger partial charge < -0.3 is 14.6 Å². The van der Waals surface area contributed by atoms with Crippen LogP contribution in [0.4, 0.5) is 18.9 Å². The molecule has 4 rings (SSSR count). The Bertz CT molecular complexity index is 1420. The highest BCUT2D eigenvalue weighted by Crippen LogP contribution is 2.33. The number of aromatic nitrogens is 3. The van der Waals surface area contributed by atoms with Gasteiger partial charge in [0.1, 0.15) is 0 Å². The maximum Gasteiger partial charge on any atom is 0.418 e. The number of anilines is 1. The third-order valence-corrected chi connectivity index (χ3v) is 5.33. The first kappa shape index (κ1) is 23.2. The number of alkyl halides is 3. The molecule has 176 valence electrons. The Kier molecular flexibility index (Phi) is 6.25. The normalized spacial score (nSPS) is 11.7. The summed E-state index contributed by atoms with van der Waals surface area (Å²) in [4.78, 5) is 25.3. The molecular weight excluding hydrogens is 449 g/mol. The summed E-state index contributed by atoms with van der Waals surface area (Å²) in [5, 5.41) is 7.47. The van der Waals surface area contributed by atoms with Crippen molar-refractivity contribution >= 4 is 22.5 Å². The molecular formula is C24H21F3N4O3. The lowest BCUT2D eigenvalue weighted by atomic mass is 10.1. The van der Waals surface area contributed by atoms with E-state index in [0.717, 1.165) is 27.7 Å². The molecule has 0 bridgehead atoms. The Balaban J connectivity index is 1.67. The summed E-state index contributed by atoms with van der Waals surface area (Å²) in [6, 6.07) is 13.0. The number of nitrogens with one attached hydrogen (secondary N) is 1. The van der Waals surface area contributed by atoms with Crippen molar-refractivity contribution < 1.29 is 22.7 Å². The predicted molar refractivity (Wildman–Crippen MR) is 121 cm³/mol. The van der Waals surface area contributed by atoms with Crippen molar-refractivity contribution in [3.63, 3.8) is 0 Å². The highest BCUT2D eigenvalue weighted by atomic mass is 19.4. The number of carbonyl (C=O) groups is 1. The van der Waals surface area contributed by atoms with Crippen LogP contribution in [0.15, 0.2) is 65.6 Å². The number of carbonyl (C=O) groups excluding carboxylic acids is 1. The predicted octanol–water partition coefficient (Wildman–Crippen LogP) is 4.41. The zero-order valence-corrected chi connectivity index (χ0v) is 18.4. The van der Waals surface area contributed by atoms with Crippen molar-refractivity contribution in [2.24, 2.45) is 0 Å². The van der Waals surface area contributed by atoms with Crippen molar-refractivity contribution in [1.82, 2.24) is 14.3 Å². The zero-order chi connectivity index (χ0) is 24.5. The first-order valence-electron chi connectivity index (χ1n) is 10.4. The highest BCUT2D eigenvalue weighted by Gasteiger charge is 2.34. The van der Waals surface area contributed by atoms with Crippen LogP contribution in [-0.2, 0) is 17.5 Å². The molecule has 0 fully saturated rings. The number of para-hydroxylation sites is 1. The number of rotatable bonds is 6. The van der Waals surface area contributed by atoms with Gasteiger partial charge in [0.25, 0.3) is 5.91 Å². The van der Waals surface area contributed by atoms with Gasteiger partial charge in [-0.1, -0.05) is 12.1 Å². The maximum atomic E-state index is 13.5. The van der Waals surface area contributed by atoms with E-state index < -0.39 is 28.8 Å². The Morgan fingerprint density at radius 2 is 1.88 bits per heavy atom. The average Bonchev–Trinajstić information content (AvgIpc) is 3.19. The van der Waals surface area contributed by atoms with Crippen molar-refractivity contribution in [2.45, 2.75) is 19.6 Å². The molecule has 2 aromatic heterocycles. The summed E-state index contributed by atoms with van der Waals surface area (Å²) in [5.74, 6) is -0.818. The lowest BCUT2D eigenvalue weighted by Gasteiger charge is -2.16. The Labute approximate surface area is 192 Å². The molecule has 0 radical (unpaired) electrons. The van der Waals surface area contributed by atoms with Crippen LogP contribution in [0.1, 0.15) is 21.7 Å². The number of amides is 1. The van der Waals surface area contributed by atoms with Gasteiger partial charge in [0.15, 0.2) is 5.69 Å². The third kappa shape index (κ3) is 4.58. The number of hydrogen-bond donors (Lipinski definition) is 1. The van der Waals surface area contributed by atoms with E-state index in [1.54, 1.807) is 19.2 Å². The molecule has 34 heavy (non-hydrogen) atoms. The van der Waals surface area contributed by atoms with Crippen LogP contribution < -0.4 is 10.7 Å². The topological polar surface area (TPSA) is 78.2 Å². The van der Waals surface area contributed by atoms with E-state index in [9.17, 15) is 22.8 Å². The minimum atomic E-state index is -4.63. The van der Waals surface area contributed by atoms with E-state index in [0.29, 0.717) is 18.8 Å². The van der Waals surface area contributed by atoms with Crippen molar-refractivity contribution in [3.8, 4) is 5.69 Å². The molecule has 0 aliphatic carbocycles. The van der Waals surface area contributed by atoms with Gasteiger partial charge in [0.2, 0.25) is 5.43 Å². The first-order chi connectivity index (χ1) is 16.2. The number of methoxy groups -OCH3 is 1. The van der Waals surface area contributed by atoms with Gasteiger partial charge in [-0.2, -0.15) is 18.3 Å². The monoisotopic (exact) mass is 470 g/mol. The van der Waals surface area contributed by atoms with Gasteiger partial charge in [-0.05, 0) is 43.3 Å². The lowest BCUT2D eigenvalue weighted by molar-refractivity contribution is -0.137. The van der Waals surface area contributed by atoms with Gasteiger partial charge in [-0.15, -0.1) is 0 Å². The number of fused-ring (bicyclic) bond motifs is 1. The van der Waals surface area contributed by atoms with E-state index in [-0.39, 0.29) is 11.4 Å². The SMILES string of the molecule is COCCn1ccc2cc(NC(=O)c3nn(-c4ccccc4C(F)(F)F)c(C)cc3=O)ccc21. The van der Waals surface area contributed by atoms with Crippen LogP contribution in [-0.4, -0.2) is 34.0 Å². The quantitative estimate of drug-likeness (QED) is 0.453. The van der Waals surface area contributed by atoms with Crippen LogP contribution in [0.5, 0.6) is 0 Å². The molecule has 0 spiro atoms. The second kappa shape index (κ2) is 9.14. The summed E-state index contributed by atoms with van der Waals surface area (Å²) < 4.78 is 48.6. The fraction of sp³-hybridized carbons (Fsp3) is 0.208. The second-order valence-corrected chi connectivity index (χ2v) is 7.65. The van der Waals surface area contributed by atoms with E-state index in [1.165, 1.54) is 25.1 Å². The van der Waals surface area contributed by atoms with E-state index in [4.69, 9.17) is 4.74 Å². The molecule has 2 heterocycles. The molecule has 0 unspecified atom stereocenters. The fourth-order valence-corrected chi connectivity index (χ4v) is 3.70. The van der Waals surface area contributed by atoms with Crippen LogP contribution >= 0.6 is 0 Å². The number of hydrogen-bond acceptors (Lipinski definition) is 4. The van der Waals surface area contributed by atoms with E-state index in [2.05, 4.69) is 10.4 Å². The number of aryl methyl sites for hydroxylation is 1. The molecule has 0 atom stereocenters. The number of halogens is 3. The standard InChI is InChI=1S/C24H21F3N4O3/c1-15-13-21(32)22(29-31(15)20-6-4-3-5-18(20)24(25,26)27)23(33)28-17-7-8-19-16(14-17)9-10-30(19)11-12-34-2/h3-10,13-14H,11-12H2,1-2H3,(H,28,33). The van der Waals surface area contributed by atoms with Gasteiger partial charge in [-0.3, -0.25) is 9.59 Å². The highest BCUT2D eigenvalue weighted by molar-refractivity contribution is 6.03. The molecule has 0 saturated heterocycles. The molecule has 2 aromatic carbocycles. The second-order valence-electron chi connectivity index (χ2n) is 7.65. The number of nitrogens with zero attached hydrogens (tertiary/aromatic N) is 3. The third-order valence-electron chi connectivity index (χ3n) is 5.33. The van der Waals surface area contributed by atoms with E-state index in [1.807, 2.05) is 22.9 Å². The molecule has 0 saturated carbocycles. The van der Waals surface area contributed by atoms with Crippen molar-refractivity contribution in [1.29, 1.82) is 0 Å². The Hall–Kier alpha value is -3.92. The Morgan fingerprint density at radius 3 is 2.62 bits per heavy atom. The lowest BCUT2D eigenvalue weighted by Crippen LogP contribution is -2.27. The van der Waals surface area contributed by atoms with Crippen molar-refractivity contribution in [3.05, 3.63) is 88.0 Å². The van der Waals surface area contributed by atoms with Gasteiger partial charge in [0, 0.05) is 48.2 Å². The van der Waals surface area contributed by atoms with Crippen LogP contribution in [0.25, 0.3) is 16.6 Å².